The van der Waals surface area contributed by atoms with Crippen molar-refractivity contribution in [3.05, 3.63) is 29.3 Å². The molecule has 1 aromatic rings. The number of hydrogen-bond donors (Lipinski definition) is 3. The van der Waals surface area contributed by atoms with E-state index in [-0.39, 0.29) is 0 Å². The van der Waals surface area contributed by atoms with E-state index in [1.165, 1.54) is 0 Å². The first-order valence-corrected chi connectivity index (χ1v) is 5.11. The van der Waals surface area contributed by atoms with E-state index in [0.29, 0.717) is 11.3 Å². The molecule has 1 fully saturated rings. The molecule has 0 aromatic heterocycles. The maximum absolute atomic E-state index is 12.0. The number of imide groups is 1. The largest absolute Gasteiger partial charge is 0.323 e. The average Bonchev–Trinajstić information content (AvgIpc) is 2.71. The number of aryl methyl sites for hydroxylation is 1. The number of hydrogen-bond acceptors (Lipinski definition) is 3. The number of urea groups is 1. The second kappa shape index (κ2) is 2.85. The lowest BCUT2D eigenvalue weighted by molar-refractivity contribution is -0.132. The van der Waals surface area contributed by atoms with Gasteiger partial charge in [0, 0.05) is 5.56 Å². The highest BCUT2D eigenvalue weighted by Gasteiger charge is 2.58. The van der Waals surface area contributed by atoms with E-state index >= 15 is 0 Å². The van der Waals surface area contributed by atoms with Crippen LogP contribution in [0.25, 0.3) is 0 Å². The Balaban J connectivity index is 2.28. The molecular formula is C11H9N3O3. The third kappa shape index (κ3) is 1.01. The monoisotopic (exact) mass is 231 g/mol. The van der Waals surface area contributed by atoms with Crippen LogP contribution in [-0.2, 0) is 15.1 Å². The van der Waals surface area contributed by atoms with Gasteiger partial charge in [0.25, 0.3) is 11.8 Å². The van der Waals surface area contributed by atoms with Gasteiger partial charge in [0.1, 0.15) is 0 Å². The Morgan fingerprint density at radius 3 is 2.41 bits per heavy atom. The highest BCUT2D eigenvalue weighted by molar-refractivity contribution is 6.27. The molecule has 17 heavy (non-hydrogen) atoms. The molecule has 6 heteroatoms. The minimum Gasteiger partial charge on any atom is -0.323 e. The van der Waals surface area contributed by atoms with E-state index in [2.05, 4.69) is 16.0 Å². The maximum atomic E-state index is 12.0. The van der Waals surface area contributed by atoms with E-state index in [1.807, 2.05) is 13.0 Å². The summed E-state index contributed by atoms with van der Waals surface area (Å²) in [6, 6.07) is 4.58. The Morgan fingerprint density at radius 1 is 1.06 bits per heavy atom. The molecule has 2 aliphatic rings. The molecule has 1 spiro atoms. The molecule has 0 saturated carbocycles. The van der Waals surface area contributed by atoms with Crippen molar-refractivity contribution in [1.82, 2.24) is 10.6 Å². The van der Waals surface area contributed by atoms with Crippen molar-refractivity contribution in [1.29, 1.82) is 0 Å². The van der Waals surface area contributed by atoms with Crippen LogP contribution in [0.15, 0.2) is 18.2 Å². The van der Waals surface area contributed by atoms with Crippen LogP contribution >= 0.6 is 0 Å². The fourth-order valence-corrected chi connectivity index (χ4v) is 2.28. The third-order valence-electron chi connectivity index (χ3n) is 3.12. The van der Waals surface area contributed by atoms with Gasteiger partial charge in [0.15, 0.2) is 0 Å². The number of benzene rings is 1. The number of fused-ring (bicyclic) bond motifs is 2. The lowest BCUT2D eigenvalue weighted by Crippen LogP contribution is -2.49. The first-order chi connectivity index (χ1) is 8.05. The minimum atomic E-state index is -1.60. The topological polar surface area (TPSA) is 87.3 Å². The fraction of sp³-hybridized carbons (Fsp3) is 0.182. The number of anilines is 1. The number of para-hydroxylation sites is 1. The lowest BCUT2D eigenvalue weighted by Gasteiger charge is -2.17. The molecule has 0 radical (unpaired) electrons. The van der Waals surface area contributed by atoms with Crippen LogP contribution < -0.4 is 16.0 Å². The standard InChI is InChI=1S/C11H9N3O3/c1-5-3-2-4-6-7(5)12-8(15)11(6)9(16)13-10(17)14-11/h2-4H,1H3,(H,12,15)(H2,13,14,16,17). The zero-order chi connectivity index (χ0) is 12.2. The Kier molecular flexibility index (Phi) is 1.65. The quantitative estimate of drug-likeness (QED) is 0.433. The predicted octanol–water partition coefficient (Wildman–Crippen LogP) is -0.0182. The molecule has 1 unspecified atom stereocenters. The zero-order valence-corrected chi connectivity index (χ0v) is 8.96. The van der Waals surface area contributed by atoms with Crippen LogP contribution in [0.5, 0.6) is 0 Å². The number of nitrogens with one attached hydrogen (secondary N) is 3. The molecule has 86 valence electrons. The highest BCUT2D eigenvalue weighted by Crippen LogP contribution is 2.39. The Bertz CT molecular complexity index is 581. The first-order valence-electron chi connectivity index (χ1n) is 5.11. The van der Waals surface area contributed by atoms with Gasteiger partial charge in [-0.15, -0.1) is 0 Å². The van der Waals surface area contributed by atoms with Crippen molar-refractivity contribution in [2.45, 2.75) is 12.5 Å². The van der Waals surface area contributed by atoms with Crippen LogP contribution in [0, 0.1) is 6.92 Å². The molecule has 2 heterocycles. The Labute approximate surface area is 96.4 Å². The summed E-state index contributed by atoms with van der Waals surface area (Å²) in [5.41, 5.74) is 0.334. The molecular weight excluding hydrogens is 222 g/mol. The van der Waals surface area contributed by atoms with E-state index < -0.39 is 23.4 Å². The second-order valence-electron chi connectivity index (χ2n) is 4.11. The van der Waals surface area contributed by atoms with Gasteiger partial charge in [0.05, 0.1) is 5.69 Å². The normalized spacial score (nSPS) is 25.6. The van der Waals surface area contributed by atoms with Crippen molar-refractivity contribution >= 4 is 23.5 Å². The van der Waals surface area contributed by atoms with Gasteiger partial charge >= 0.3 is 6.03 Å². The van der Waals surface area contributed by atoms with E-state index in [9.17, 15) is 14.4 Å². The molecule has 3 rings (SSSR count). The SMILES string of the molecule is Cc1cccc2c1NC(=O)C21NC(=O)NC1=O. The Morgan fingerprint density at radius 2 is 1.76 bits per heavy atom. The summed E-state index contributed by atoms with van der Waals surface area (Å²) >= 11 is 0. The van der Waals surface area contributed by atoms with Crippen LogP contribution in [0.2, 0.25) is 0 Å². The van der Waals surface area contributed by atoms with Gasteiger partial charge in [0.2, 0.25) is 5.54 Å². The van der Waals surface area contributed by atoms with E-state index in [4.69, 9.17) is 0 Å². The summed E-state index contributed by atoms with van der Waals surface area (Å²) in [6.07, 6.45) is 0. The van der Waals surface area contributed by atoms with Gasteiger partial charge in [-0.2, -0.15) is 0 Å². The summed E-state index contributed by atoms with van der Waals surface area (Å²) in [5, 5.41) is 7.13. The number of carbonyl (C=O) groups excluding carboxylic acids is 3. The molecule has 1 aromatic carbocycles. The number of carbonyl (C=O) groups is 3. The van der Waals surface area contributed by atoms with Gasteiger partial charge < -0.3 is 10.6 Å². The third-order valence-corrected chi connectivity index (χ3v) is 3.12. The predicted molar refractivity (Wildman–Crippen MR) is 58.2 cm³/mol. The van der Waals surface area contributed by atoms with E-state index in [1.54, 1.807) is 12.1 Å². The van der Waals surface area contributed by atoms with Gasteiger partial charge in [-0.05, 0) is 12.5 Å². The molecule has 6 nitrogen and oxygen atoms in total. The molecule has 2 aliphatic heterocycles. The van der Waals surface area contributed by atoms with Crippen LogP contribution in [0.4, 0.5) is 10.5 Å². The van der Waals surface area contributed by atoms with Crippen molar-refractivity contribution < 1.29 is 14.4 Å². The average molecular weight is 231 g/mol. The zero-order valence-electron chi connectivity index (χ0n) is 8.96. The maximum Gasteiger partial charge on any atom is 0.323 e. The Hall–Kier alpha value is -2.37. The van der Waals surface area contributed by atoms with Crippen LogP contribution in [0.1, 0.15) is 11.1 Å². The molecule has 0 bridgehead atoms. The van der Waals surface area contributed by atoms with Crippen molar-refractivity contribution in [2.75, 3.05) is 5.32 Å². The molecule has 0 aliphatic carbocycles. The smallest absolute Gasteiger partial charge is 0.323 e. The molecule has 1 saturated heterocycles. The van der Waals surface area contributed by atoms with Crippen LogP contribution in [0.3, 0.4) is 0 Å². The molecule has 4 amide bonds. The van der Waals surface area contributed by atoms with Gasteiger partial charge in [-0.3, -0.25) is 14.9 Å². The van der Waals surface area contributed by atoms with Gasteiger partial charge in [-0.1, -0.05) is 18.2 Å². The lowest BCUT2D eigenvalue weighted by atomic mass is 9.90. The highest BCUT2D eigenvalue weighted by atomic mass is 16.2. The summed E-state index contributed by atoms with van der Waals surface area (Å²) in [6.45, 7) is 1.83. The van der Waals surface area contributed by atoms with Gasteiger partial charge in [-0.25, -0.2) is 4.79 Å². The minimum absolute atomic E-state index is 0.492. The molecule has 1 atom stereocenters. The van der Waals surface area contributed by atoms with E-state index in [0.717, 1.165) is 5.56 Å². The molecule has 3 N–H and O–H groups in total. The summed E-state index contributed by atoms with van der Waals surface area (Å²) in [4.78, 5) is 35.0. The summed E-state index contributed by atoms with van der Waals surface area (Å²) < 4.78 is 0. The van der Waals surface area contributed by atoms with Crippen LogP contribution in [-0.4, -0.2) is 17.8 Å². The van der Waals surface area contributed by atoms with Crippen molar-refractivity contribution in [3.8, 4) is 0 Å². The fourth-order valence-electron chi connectivity index (χ4n) is 2.28. The number of amides is 4. The van der Waals surface area contributed by atoms with Crippen molar-refractivity contribution in [3.63, 3.8) is 0 Å². The number of rotatable bonds is 0. The summed E-state index contributed by atoms with van der Waals surface area (Å²) in [5.74, 6) is -1.16. The first kappa shape index (κ1) is 9.83. The van der Waals surface area contributed by atoms with Crippen molar-refractivity contribution in [2.24, 2.45) is 0 Å². The second-order valence-corrected chi connectivity index (χ2v) is 4.11. The summed E-state index contributed by atoms with van der Waals surface area (Å²) in [7, 11) is 0.